The van der Waals surface area contributed by atoms with Crippen LogP contribution in [0.15, 0.2) is 0 Å². The minimum Gasteiger partial charge on any atom is -0.465 e. The second-order valence-corrected chi connectivity index (χ2v) is 3.25. The fourth-order valence-electron chi connectivity index (χ4n) is 1.07. The van der Waals surface area contributed by atoms with Gasteiger partial charge in [0.15, 0.2) is 0 Å². The van der Waals surface area contributed by atoms with Crippen molar-refractivity contribution in [2.24, 2.45) is 0 Å². The van der Waals surface area contributed by atoms with Crippen molar-refractivity contribution in [3.63, 3.8) is 0 Å². The molecule has 2 N–H and O–H groups in total. The summed E-state index contributed by atoms with van der Waals surface area (Å²) in [5.41, 5.74) is 0. The molecule has 0 saturated carbocycles. The van der Waals surface area contributed by atoms with Gasteiger partial charge in [-0.1, -0.05) is 19.8 Å². The largest absolute Gasteiger partial charge is 0.465 e. The van der Waals surface area contributed by atoms with Crippen molar-refractivity contribution < 1.29 is 9.90 Å². The molecule has 0 rings (SSSR count). The highest BCUT2D eigenvalue weighted by molar-refractivity contribution is 7.80. The first kappa shape index (κ1) is 11.6. The van der Waals surface area contributed by atoms with Crippen molar-refractivity contribution in [2.45, 2.75) is 38.6 Å². The molecular formula is C8H17NO2S. The summed E-state index contributed by atoms with van der Waals surface area (Å²) in [5, 5.41) is 11.0. The number of hydrogen-bond acceptors (Lipinski definition) is 2. The Morgan fingerprint density at radius 3 is 2.67 bits per heavy atom. The summed E-state index contributed by atoms with van der Waals surface area (Å²) in [5.74, 6) is 0.731. The molecule has 3 nitrogen and oxygen atoms in total. The zero-order valence-corrected chi connectivity index (χ0v) is 8.31. The Hall–Kier alpha value is -0.380. The van der Waals surface area contributed by atoms with Crippen molar-refractivity contribution in [1.29, 1.82) is 0 Å². The molecule has 0 aromatic carbocycles. The van der Waals surface area contributed by atoms with E-state index < -0.39 is 6.09 Å². The van der Waals surface area contributed by atoms with E-state index in [2.05, 4.69) is 24.9 Å². The number of hydrogen-bond donors (Lipinski definition) is 3. The number of unbranched alkanes of at least 4 members (excludes halogenated alkanes) is 1. The number of rotatable bonds is 6. The molecule has 12 heavy (non-hydrogen) atoms. The number of nitrogens with one attached hydrogen (secondary N) is 1. The molecule has 1 amide bonds. The number of carboxylic acid groups (broad SMARTS) is 1. The Balaban J connectivity index is 3.61. The highest BCUT2D eigenvalue weighted by Crippen LogP contribution is 2.05. The predicted octanol–water partition coefficient (Wildman–Crippen LogP) is 2.13. The van der Waals surface area contributed by atoms with Gasteiger partial charge in [0.25, 0.3) is 0 Å². The van der Waals surface area contributed by atoms with Crippen LogP contribution in [0, 0.1) is 0 Å². The Bertz CT molecular complexity index is 130. The number of carbonyl (C=O) groups is 1. The third kappa shape index (κ3) is 6.34. The van der Waals surface area contributed by atoms with Crippen LogP contribution in [0.1, 0.15) is 32.6 Å². The Kier molecular flexibility index (Phi) is 7.05. The first-order valence-electron chi connectivity index (χ1n) is 4.31. The molecule has 72 valence electrons. The molecule has 0 radical (unpaired) electrons. The molecule has 0 saturated heterocycles. The van der Waals surface area contributed by atoms with Crippen LogP contribution in [0.25, 0.3) is 0 Å². The molecule has 0 bridgehead atoms. The normalized spacial score (nSPS) is 12.5. The Morgan fingerprint density at radius 2 is 2.25 bits per heavy atom. The summed E-state index contributed by atoms with van der Waals surface area (Å²) in [7, 11) is 0. The standard InChI is InChI=1S/C8H17NO2S/c1-2-3-4-7(5-6-12)9-8(10)11/h7,9,12H,2-6H2,1H3,(H,10,11). The van der Waals surface area contributed by atoms with Crippen molar-refractivity contribution in [3.8, 4) is 0 Å². The molecule has 4 heteroatoms. The smallest absolute Gasteiger partial charge is 0.404 e. The summed E-state index contributed by atoms with van der Waals surface area (Å²) in [6.45, 7) is 2.10. The van der Waals surface area contributed by atoms with Gasteiger partial charge in [-0.05, 0) is 18.6 Å². The number of thiol groups is 1. The summed E-state index contributed by atoms with van der Waals surface area (Å²) in [4.78, 5) is 10.3. The van der Waals surface area contributed by atoms with E-state index in [1.807, 2.05) is 0 Å². The average Bonchev–Trinajstić information content (AvgIpc) is 2.00. The molecule has 1 atom stereocenters. The first-order valence-corrected chi connectivity index (χ1v) is 4.94. The zero-order valence-electron chi connectivity index (χ0n) is 7.42. The molecule has 0 aromatic heterocycles. The van der Waals surface area contributed by atoms with E-state index >= 15 is 0 Å². The van der Waals surface area contributed by atoms with Crippen molar-refractivity contribution in [1.82, 2.24) is 5.32 Å². The lowest BCUT2D eigenvalue weighted by atomic mass is 10.1. The van der Waals surface area contributed by atoms with Gasteiger partial charge in [-0.25, -0.2) is 4.79 Å². The third-order valence-electron chi connectivity index (χ3n) is 1.71. The van der Waals surface area contributed by atoms with Gasteiger partial charge >= 0.3 is 6.09 Å². The summed E-state index contributed by atoms with van der Waals surface area (Å²) in [6, 6.07) is 0.0833. The summed E-state index contributed by atoms with van der Waals surface area (Å²) >= 11 is 4.07. The topological polar surface area (TPSA) is 49.3 Å². The zero-order chi connectivity index (χ0) is 9.40. The fraction of sp³-hybridized carbons (Fsp3) is 0.875. The van der Waals surface area contributed by atoms with Crippen LogP contribution in [0.5, 0.6) is 0 Å². The minimum atomic E-state index is -0.933. The second kappa shape index (κ2) is 7.28. The highest BCUT2D eigenvalue weighted by atomic mass is 32.1. The van der Waals surface area contributed by atoms with E-state index in [1.54, 1.807) is 0 Å². The van der Waals surface area contributed by atoms with E-state index in [1.165, 1.54) is 0 Å². The van der Waals surface area contributed by atoms with Crippen molar-refractivity contribution in [2.75, 3.05) is 5.75 Å². The van der Waals surface area contributed by atoms with Crippen LogP contribution in [0.4, 0.5) is 4.79 Å². The van der Waals surface area contributed by atoms with E-state index in [-0.39, 0.29) is 6.04 Å². The van der Waals surface area contributed by atoms with Crippen LogP contribution in [-0.4, -0.2) is 23.0 Å². The maximum absolute atomic E-state index is 10.3. The van der Waals surface area contributed by atoms with Gasteiger partial charge in [0.05, 0.1) is 0 Å². The maximum atomic E-state index is 10.3. The molecule has 0 fully saturated rings. The van der Waals surface area contributed by atoms with Gasteiger partial charge in [-0.15, -0.1) is 0 Å². The first-order chi connectivity index (χ1) is 5.70. The van der Waals surface area contributed by atoms with Crippen LogP contribution in [0.2, 0.25) is 0 Å². The maximum Gasteiger partial charge on any atom is 0.404 e. The molecule has 0 aromatic rings. The van der Waals surface area contributed by atoms with Crippen molar-refractivity contribution in [3.05, 3.63) is 0 Å². The van der Waals surface area contributed by atoms with Gasteiger partial charge in [0, 0.05) is 6.04 Å². The highest BCUT2D eigenvalue weighted by Gasteiger charge is 2.08. The fourth-order valence-corrected chi connectivity index (χ4v) is 1.38. The van der Waals surface area contributed by atoms with Gasteiger partial charge in [-0.2, -0.15) is 12.6 Å². The van der Waals surface area contributed by atoms with Crippen LogP contribution < -0.4 is 5.32 Å². The lowest BCUT2D eigenvalue weighted by Crippen LogP contribution is -2.33. The SMILES string of the molecule is CCCCC(CCS)NC(=O)O. The quantitative estimate of drug-likeness (QED) is 0.563. The molecular weight excluding hydrogens is 174 g/mol. The van der Waals surface area contributed by atoms with E-state index in [0.29, 0.717) is 0 Å². The Labute approximate surface area is 79.0 Å². The van der Waals surface area contributed by atoms with E-state index in [0.717, 1.165) is 31.4 Å². The Morgan fingerprint density at radius 1 is 1.58 bits per heavy atom. The average molecular weight is 191 g/mol. The summed E-state index contributed by atoms with van der Waals surface area (Å²) < 4.78 is 0. The van der Waals surface area contributed by atoms with E-state index in [9.17, 15) is 4.79 Å². The molecule has 0 aliphatic heterocycles. The van der Waals surface area contributed by atoms with Gasteiger partial charge < -0.3 is 10.4 Å². The van der Waals surface area contributed by atoms with Gasteiger partial charge in [0.1, 0.15) is 0 Å². The lowest BCUT2D eigenvalue weighted by Gasteiger charge is -2.14. The molecule has 0 spiro atoms. The van der Waals surface area contributed by atoms with Crippen LogP contribution in [0.3, 0.4) is 0 Å². The van der Waals surface area contributed by atoms with E-state index in [4.69, 9.17) is 5.11 Å². The van der Waals surface area contributed by atoms with Crippen LogP contribution >= 0.6 is 12.6 Å². The molecule has 1 unspecified atom stereocenters. The molecule has 0 heterocycles. The second-order valence-electron chi connectivity index (χ2n) is 2.80. The summed E-state index contributed by atoms with van der Waals surface area (Å²) in [6.07, 6.45) is 2.97. The minimum absolute atomic E-state index is 0.0833. The lowest BCUT2D eigenvalue weighted by molar-refractivity contribution is 0.188. The van der Waals surface area contributed by atoms with Gasteiger partial charge in [-0.3, -0.25) is 0 Å². The molecule has 0 aliphatic rings. The third-order valence-corrected chi connectivity index (χ3v) is 1.97. The van der Waals surface area contributed by atoms with Gasteiger partial charge in [0.2, 0.25) is 0 Å². The predicted molar refractivity (Wildman–Crippen MR) is 52.9 cm³/mol. The number of amides is 1. The monoisotopic (exact) mass is 191 g/mol. The molecule has 0 aliphatic carbocycles. The van der Waals surface area contributed by atoms with Crippen molar-refractivity contribution >= 4 is 18.7 Å². The van der Waals surface area contributed by atoms with Crippen LogP contribution in [-0.2, 0) is 0 Å².